The van der Waals surface area contributed by atoms with E-state index in [9.17, 15) is 10.1 Å². The Morgan fingerprint density at radius 1 is 1.26 bits per heavy atom. The molecule has 0 radical (unpaired) electrons. The van der Waals surface area contributed by atoms with E-state index in [4.69, 9.17) is 0 Å². The molecule has 0 unspecified atom stereocenters. The summed E-state index contributed by atoms with van der Waals surface area (Å²) in [6.07, 6.45) is 2.40. The Balaban J connectivity index is 2.10. The van der Waals surface area contributed by atoms with Crippen LogP contribution in [0.25, 0.3) is 0 Å². The lowest BCUT2D eigenvalue weighted by Gasteiger charge is -2.09. The van der Waals surface area contributed by atoms with Crippen molar-refractivity contribution >= 4 is 11.5 Å². The molecule has 1 aromatic heterocycles. The average Bonchev–Trinajstić information content (AvgIpc) is 2.45. The number of rotatable bonds is 5. The molecule has 1 N–H and O–H groups in total. The molecule has 0 saturated heterocycles. The summed E-state index contributed by atoms with van der Waals surface area (Å²) in [6, 6.07) is 10.9. The molecule has 0 aliphatic carbocycles. The summed E-state index contributed by atoms with van der Waals surface area (Å²) in [5, 5.41) is 13.8. The molecular formula is C14H15N3O2. The summed E-state index contributed by atoms with van der Waals surface area (Å²) < 4.78 is 0. The highest BCUT2D eigenvalue weighted by atomic mass is 16.6. The maximum Gasteiger partial charge on any atom is 0.274 e. The molecule has 0 bridgehead atoms. The standard InChI is InChI=1S/C14H15N3O2/c1-2-11-5-3-4-6-12(11)10-16-14-9-13(17(18)19)7-8-15-14/h3-9H,2,10H2,1H3,(H,15,16). The molecule has 2 aromatic rings. The second-order valence-electron chi connectivity index (χ2n) is 4.13. The van der Waals surface area contributed by atoms with Crippen LogP contribution in [-0.2, 0) is 13.0 Å². The zero-order valence-electron chi connectivity index (χ0n) is 10.7. The van der Waals surface area contributed by atoms with Crippen LogP contribution in [0.5, 0.6) is 0 Å². The van der Waals surface area contributed by atoms with Gasteiger partial charge in [-0.25, -0.2) is 4.98 Å². The van der Waals surface area contributed by atoms with E-state index in [0.29, 0.717) is 12.4 Å². The molecule has 1 heterocycles. The predicted molar refractivity (Wildman–Crippen MR) is 74.0 cm³/mol. The van der Waals surface area contributed by atoms with Crippen molar-refractivity contribution in [1.29, 1.82) is 0 Å². The molecule has 0 saturated carbocycles. The minimum absolute atomic E-state index is 0.0428. The van der Waals surface area contributed by atoms with Crippen LogP contribution < -0.4 is 5.32 Å². The number of nitrogens with one attached hydrogen (secondary N) is 1. The molecule has 19 heavy (non-hydrogen) atoms. The van der Waals surface area contributed by atoms with E-state index in [-0.39, 0.29) is 5.69 Å². The normalized spacial score (nSPS) is 10.2. The van der Waals surface area contributed by atoms with Gasteiger partial charge in [-0.15, -0.1) is 0 Å². The molecular weight excluding hydrogens is 242 g/mol. The van der Waals surface area contributed by atoms with Crippen molar-refractivity contribution < 1.29 is 4.92 Å². The zero-order valence-corrected chi connectivity index (χ0v) is 10.7. The Hall–Kier alpha value is -2.43. The van der Waals surface area contributed by atoms with Gasteiger partial charge in [-0.2, -0.15) is 0 Å². The largest absolute Gasteiger partial charge is 0.366 e. The fourth-order valence-corrected chi connectivity index (χ4v) is 1.89. The highest BCUT2D eigenvalue weighted by Gasteiger charge is 2.07. The molecule has 0 amide bonds. The highest BCUT2D eigenvalue weighted by Crippen LogP contribution is 2.16. The lowest BCUT2D eigenvalue weighted by Crippen LogP contribution is -2.04. The second-order valence-corrected chi connectivity index (χ2v) is 4.13. The van der Waals surface area contributed by atoms with Crippen molar-refractivity contribution in [2.24, 2.45) is 0 Å². The van der Waals surface area contributed by atoms with Gasteiger partial charge in [-0.05, 0) is 17.5 Å². The van der Waals surface area contributed by atoms with E-state index in [1.807, 2.05) is 18.2 Å². The van der Waals surface area contributed by atoms with E-state index < -0.39 is 4.92 Å². The smallest absolute Gasteiger partial charge is 0.274 e. The minimum Gasteiger partial charge on any atom is -0.366 e. The van der Waals surface area contributed by atoms with Crippen molar-refractivity contribution in [3.63, 3.8) is 0 Å². The van der Waals surface area contributed by atoms with Gasteiger partial charge < -0.3 is 5.32 Å². The molecule has 0 fully saturated rings. The number of anilines is 1. The monoisotopic (exact) mass is 257 g/mol. The van der Waals surface area contributed by atoms with Crippen molar-refractivity contribution in [2.45, 2.75) is 19.9 Å². The molecule has 1 aromatic carbocycles. The summed E-state index contributed by atoms with van der Waals surface area (Å²) >= 11 is 0. The number of hydrogen-bond donors (Lipinski definition) is 1. The lowest BCUT2D eigenvalue weighted by molar-refractivity contribution is -0.384. The minimum atomic E-state index is -0.424. The number of aromatic nitrogens is 1. The molecule has 0 spiro atoms. The molecule has 0 aliphatic rings. The molecule has 5 heteroatoms. The highest BCUT2D eigenvalue weighted by molar-refractivity contribution is 5.45. The van der Waals surface area contributed by atoms with Crippen LogP contribution in [0.15, 0.2) is 42.6 Å². The number of pyridine rings is 1. The topological polar surface area (TPSA) is 68.1 Å². The van der Waals surface area contributed by atoms with Crippen LogP contribution in [0.1, 0.15) is 18.1 Å². The van der Waals surface area contributed by atoms with E-state index in [1.165, 1.54) is 29.5 Å². The summed E-state index contributed by atoms with van der Waals surface area (Å²) in [5.74, 6) is 0.514. The molecule has 0 aliphatic heterocycles. The Bertz CT molecular complexity index is 584. The van der Waals surface area contributed by atoms with Gasteiger partial charge in [0.2, 0.25) is 0 Å². The Kier molecular flexibility index (Phi) is 4.07. The zero-order chi connectivity index (χ0) is 13.7. The fraction of sp³-hybridized carbons (Fsp3) is 0.214. The van der Waals surface area contributed by atoms with Gasteiger partial charge in [-0.3, -0.25) is 10.1 Å². The van der Waals surface area contributed by atoms with Gasteiger partial charge in [0.15, 0.2) is 0 Å². The number of aryl methyl sites for hydroxylation is 1. The van der Waals surface area contributed by atoms with Gasteiger partial charge in [-0.1, -0.05) is 31.2 Å². The molecule has 0 atom stereocenters. The van der Waals surface area contributed by atoms with Crippen LogP contribution in [0.2, 0.25) is 0 Å². The summed E-state index contributed by atoms with van der Waals surface area (Å²) in [7, 11) is 0. The number of benzene rings is 1. The van der Waals surface area contributed by atoms with Crippen LogP contribution in [-0.4, -0.2) is 9.91 Å². The maximum atomic E-state index is 10.7. The third-order valence-corrected chi connectivity index (χ3v) is 2.91. The van der Waals surface area contributed by atoms with Gasteiger partial charge in [0.1, 0.15) is 5.82 Å². The average molecular weight is 257 g/mol. The Morgan fingerprint density at radius 3 is 2.68 bits per heavy atom. The van der Waals surface area contributed by atoms with E-state index in [2.05, 4.69) is 23.3 Å². The van der Waals surface area contributed by atoms with Gasteiger partial charge in [0.05, 0.1) is 11.0 Å². The van der Waals surface area contributed by atoms with Crippen LogP contribution in [0.4, 0.5) is 11.5 Å². The number of nitro groups is 1. The third kappa shape index (κ3) is 3.28. The van der Waals surface area contributed by atoms with Crippen molar-refractivity contribution in [1.82, 2.24) is 4.98 Å². The van der Waals surface area contributed by atoms with Crippen LogP contribution in [0, 0.1) is 10.1 Å². The van der Waals surface area contributed by atoms with Crippen LogP contribution >= 0.6 is 0 Å². The van der Waals surface area contributed by atoms with Gasteiger partial charge >= 0.3 is 0 Å². The number of nitrogens with zero attached hydrogens (tertiary/aromatic N) is 2. The second kappa shape index (κ2) is 5.95. The quantitative estimate of drug-likeness (QED) is 0.660. The first-order valence-electron chi connectivity index (χ1n) is 6.12. The number of hydrogen-bond acceptors (Lipinski definition) is 4. The third-order valence-electron chi connectivity index (χ3n) is 2.91. The van der Waals surface area contributed by atoms with Crippen molar-refractivity contribution in [3.8, 4) is 0 Å². The first-order chi connectivity index (χ1) is 9.20. The van der Waals surface area contributed by atoms with Gasteiger partial charge in [0, 0.05) is 18.8 Å². The fourth-order valence-electron chi connectivity index (χ4n) is 1.89. The lowest BCUT2D eigenvalue weighted by atomic mass is 10.1. The summed E-state index contributed by atoms with van der Waals surface area (Å²) in [6.45, 7) is 2.71. The van der Waals surface area contributed by atoms with Crippen molar-refractivity contribution in [3.05, 3.63) is 63.8 Å². The maximum absolute atomic E-state index is 10.7. The first-order valence-corrected chi connectivity index (χ1v) is 6.12. The molecule has 98 valence electrons. The SMILES string of the molecule is CCc1ccccc1CNc1cc([N+](=O)[O-])ccn1. The Labute approximate surface area is 111 Å². The molecule has 5 nitrogen and oxygen atoms in total. The van der Waals surface area contributed by atoms with E-state index >= 15 is 0 Å². The molecule has 2 rings (SSSR count). The van der Waals surface area contributed by atoms with Crippen molar-refractivity contribution in [2.75, 3.05) is 5.32 Å². The van der Waals surface area contributed by atoms with Crippen LogP contribution in [0.3, 0.4) is 0 Å². The Morgan fingerprint density at radius 2 is 2.00 bits per heavy atom. The summed E-state index contributed by atoms with van der Waals surface area (Å²) in [4.78, 5) is 14.3. The summed E-state index contributed by atoms with van der Waals surface area (Å²) in [5.41, 5.74) is 2.49. The predicted octanol–water partition coefficient (Wildman–Crippen LogP) is 3.16. The van der Waals surface area contributed by atoms with Gasteiger partial charge in [0.25, 0.3) is 5.69 Å². The van der Waals surface area contributed by atoms with E-state index in [0.717, 1.165) is 6.42 Å². The van der Waals surface area contributed by atoms with E-state index in [1.54, 1.807) is 0 Å². The first kappa shape index (κ1) is 13.0.